The predicted molar refractivity (Wildman–Crippen MR) is 67.7 cm³/mol. The number of pyridine rings is 1. The third-order valence-corrected chi connectivity index (χ3v) is 3.44. The molecule has 0 saturated heterocycles. The summed E-state index contributed by atoms with van der Waals surface area (Å²) in [5.41, 5.74) is 1.25. The van der Waals surface area contributed by atoms with Crippen LogP contribution in [0, 0.1) is 0 Å². The van der Waals surface area contributed by atoms with Crippen LogP contribution in [-0.4, -0.2) is 17.4 Å². The number of carbonyl (C=O) groups is 1. The summed E-state index contributed by atoms with van der Waals surface area (Å²) in [4.78, 5) is 16.0. The van der Waals surface area contributed by atoms with Gasteiger partial charge < -0.3 is 5.32 Å². The Bertz CT molecular complexity index is 371. The maximum absolute atomic E-state index is 11.6. The summed E-state index contributed by atoms with van der Waals surface area (Å²) in [6, 6.07) is 6.01. The van der Waals surface area contributed by atoms with Crippen LogP contribution in [0.15, 0.2) is 24.4 Å². The number of nitrogens with one attached hydrogen (secondary N) is 1. The summed E-state index contributed by atoms with van der Waals surface area (Å²) in [5, 5.41) is 3.04. The van der Waals surface area contributed by atoms with Gasteiger partial charge in [0.1, 0.15) is 0 Å². The van der Waals surface area contributed by atoms with Gasteiger partial charge in [0.05, 0.1) is 0 Å². The number of rotatable bonds is 6. The fourth-order valence-corrected chi connectivity index (χ4v) is 2.04. The predicted octanol–water partition coefficient (Wildman–Crippen LogP) is 2.42. The summed E-state index contributed by atoms with van der Waals surface area (Å²) in [6.45, 7) is 2.84. The van der Waals surface area contributed by atoms with E-state index in [1.54, 1.807) is 0 Å². The first-order chi connectivity index (χ1) is 8.27. The maximum atomic E-state index is 11.6. The van der Waals surface area contributed by atoms with E-state index < -0.39 is 0 Å². The molecule has 1 saturated carbocycles. The summed E-state index contributed by atoms with van der Waals surface area (Å²) < 4.78 is 0. The van der Waals surface area contributed by atoms with Crippen molar-refractivity contribution in [2.24, 2.45) is 0 Å². The molecule has 0 bridgehead atoms. The van der Waals surface area contributed by atoms with Crippen molar-refractivity contribution in [3.8, 4) is 0 Å². The molecule has 3 heteroatoms. The van der Waals surface area contributed by atoms with Crippen molar-refractivity contribution >= 4 is 5.91 Å². The number of hydrogen-bond acceptors (Lipinski definition) is 2. The molecular weight excluding hydrogens is 212 g/mol. The lowest BCUT2D eigenvalue weighted by molar-refractivity contribution is -0.121. The monoisotopic (exact) mass is 232 g/mol. The lowest BCUT2D eigenvalue weighted by atomic mass is 10.0. The molecule has 0 radical (unpaired) electrons. The minimum atomic E-state index is 0.128. The molecule has 0 spiro atoms. The van der Waals surface area contributed by atoms with Crippen molar-refractivity contribution < 1.29 is 4.79 Å². The highest BCUT2D eigenvalue weighted by Crippen LogP contribution is 2.46. The Hall–Kier alpha value is -1.38. The maximum Gasteiger partial charge on any atom is 0.220 e. The van der Waals surface area contributed by atoms with E-state index in [0.717, 1.165) is 37.9 Å². The van der Waals surface area contributed by atoms with Gasteiger partial charge in [-0.05, 0) is 31.4 Å². The summed E-state index contributed by atoms with van der Waals surface area (Å²) >= 11 is 0. The molecule has 3 nitrogen and oxygen atoms in total. The van der Waals surface area contributed by atoms with E-state index in [0.29, 0.717) is 6.42 Å². The Morgan fingerprint density at radius 3 is 2.88 bits per heavy atom. The lowest BCUT2D eigenvalue weighted by Gasteiger charge is -2.15. The largest absolute Gasteiger partial charge is 0.355 e. The Labute approximate surface area is 103 Å². The van der Waals surface area contributed by atoms with Gasteiger partial charge in [0.2, 0.25) is 5.91 Å². The minimum Gasteiger partial charge on any atom is -0.355 e. The Kier molecular flexibility index (Phi) is 3.77. The van der Waals surface area contributed by atoms with Crippen LogP contribution in [0.4, 0.5) is 0 Å². The molecule has 1 aromatic rings. The molecule has 0 atom stereocenters. The number of hydrogen-bond donors (Lipinski definition) is 1. The Morgan fingerprint density at radius 1 is 1.47 bits per heavy atom. The van der Waals surface area contributed by atoms with Gasteiger partial charge >= 0.3 is 0 Å². The Morgan fingerprint density at radius 2 is 2.29 bits per heavy atom. The van der Waals surface area contributed by atoms with E-state index in [1.165, 1.54) is 0 Å². The fourth-order valence-electron chi connectivity index (χ4n) is 2.04. The van der Waals surface area contributed by atoms with Crippen molar-refractivity contribution in [2.75, 3.05) is 6.54 Å². The third kappa shape index (κ3) is 3.05. The zero-order valence-corrected chi connectivity index (χ0v) is 10.4. The zero-order valence-electron chi connectivity index (χ0n) is 10.4. The van der Waals surface area contributed by atoms with Crippen LogP contribution < -0.4 is 5.32 Å². The van der Waals surface area contributed by atoms with Gasteiger partial charge in [0, 0.05) is 30.3 Å². The minimum absolute atomic E-state index is 0.128. The number of unbranched alkanes of at least 4 members (excludes halogenated alkanes) is 1. The first kappa shape index (κ1) is 12.1. The molecule has 1 amide bonds. The van der Waals surface area contributed by atoms with E-state index >= 15 is 0 Å². The molecule has 0 aliphatic heterocycles. The van der Waals surface area contributed by atoms with Crippen molar-refractivity contribution in [1.82, 2.24) is 10.3 Å². The van der Waals surface area contributed by atoms with Crippen molar-refractivity contribution in [2.45, 2.75) is 44.4 Å². The lowest BCUT2D eigenvalue weighted by Crippen LogP contribution is -2.32. The Balaban J connectivity index is 1.85. The number of carbonyl (C=O) groups excluding carboxylic acids is 1. The van der Waals surface area contributed by atoms with E-state index in [1.807, 2.05) is 18.3 Å². The average Bonchev–Trinajstić information content (AvgIpc) is 3.16. The molecule has 1 fully saturated rings. The van der Waals surface area contributed by atoms with Crippen LogP contribution in [0.5, 0.6) is 0 Å². The van der Waals surface area contributed by atoms with E-state index in [9.17, 15) is 4.79 Å². The van der Waals surface area contributed by atoms with Gasteiger partial charge in [-0.3, -0.25) is 9.78 Å². The smallest absolute Gasteiger partial charge is 0.220 e. The molecule has 0 unspecified atom stereocenters. The molecule has 1 aliphatic rings. The average molecular weight is 232 g/mol. The van der Waals surface area contributed by atoms with Gasteiger partial charge in [-0.1, -0.05) is 19.4 Å². The molecule has 1 N–H and O–H groups in total. The quantitative estimate of drug-likeness (QED) is 0.818. The first-order valence-corrected chi connectivity index (χ1v) is 6.45. The van der Waals surface area contributed by atoms with Crippen LogP contribution in [0.3, 0.4) is 0 Å². The van der Waals surface area contributed by atoms with Gasteiger partial charge in [-0.15, -0.1) is 0 Å². The van der Waals surface area contributed by atoms with E-state index in [-0.39, 0.29) is 11.3 Å². The molecule has 1 aromatic heterocycles. The fraction of sp³-hybridized carbons (Fsp3) is 0.571. The van der Waals surface area contributed by atoms with Crippen LogP contribution in [-0.2, 0) is 10.2 Å². The summed E-state index contributed by atoms with van der Waals surface area (Å²) in [5.74, 6) is 0.175. The molecule has 1 aliphatic carbocycles. The van der Waals surface area contributed by atoms with Crippen LogP contribution in [0.1, 0.15) is 44.7 Å². The standard InChI is InChI=1S/C14H20N2O/c1-2-3-7-13(17)16-11-14(8-9-14)12-6-4-5-10-15-12/h4-6,10H,2-3,7-9,11H2,1H3,(H,16,17). The second-order valence-electron chi connectivity index (χ2n) is 4.88. The van der Waals surface area contributed by atoms with Crippen LogP contribution >= 0.6 is 0 Å². The molecular formula is C14H20N2O. The third-order valence-electron chi connectivity index (χ3n) is 3.44. The highest BCUT2D eigenvalue weighted by Gasteiger charge is 2.45. The number of aromatic nitrogens is 1. The normalized spacial score (nSPS) is 16.5. The molecule has 1 heterocycles. The highest BCUT2D eigenvalue weighted by molar-refractivity contribution is 5.76. The van der Waals surface area contributed by atoms with E-state index in [4.69, 9.17) is 0 Å². The first-order valence-electron chi connectivity index (χ1n) is 6.45. The highest BCUT2D eigenvalue weighted by atomic mass is 16.1. The number of nitrogens with zero attached hydrogens (tertiary/aromatic N) is 1. The number of amides is 1. The van der Waals surface area contributed by atoms with Crippen molar-refractivity contribution in [3.05, 3.63) is 30.1 Å². The van der Waals surface area contributed by atoms with Crippen LogP contribution in [0.2, 0.25) is 0 Å². The van der Waals surface area contributed by atoms with Gasteiger partial charge in [-0.2, -0.15) is 0 Å². The van der Waals surface area contributed by atoms with Gasteiger partial charge in [-0.25, -0.2) is 0 Å². The summed E-state index contributed by atoms with van der Waals surface area (Å²) in [7, 11) is 0. The second-order valence-corrected chi connectivity index (χ2v) is 4.88. The molecule has 92 valence electrons. The van der Waals surface area contributed by atoms with Crippen molar-refractivity contribution in [3.63, 3.8) is 0 Å². The molecule has 0 aromatic carbocycles. The second kappa shape index (κ2) is 5.30. The van der Waals surface area contributed by atoms with Gasteiger partial charge in [0.25, 0.3) is 0 Å². The van der Waals surface area contributed by atoms with Gasteiger partial charge in [0.15, 0.2) is 0 Å². The van der Waals surface area contributed by atoms with Crippen molar-refractivity contribution in [1.29, 1.82) is 0 Å². The van der Waals surface area contributed by atoms with Crippen LogP contribution in [0.25, 0.3) is 0 Å². The molecule has 2 rings (SSSR count). The van der Waals surface area contributed by atoms with E-state index in [2.05, 4.69) is 23.3 Å². The summed E-state index contributed by atoms with van der Waals surface area (Å²) in [6.07, 6.45) is 6.79. The topological polar surface area (TPSA) is 42.0 Å². The SMILES string of the molecule is CCCCC(=O)NCC1(c2ccccn2)CC1. The zero-order chi connectivity index (χ0) is 12.1. The molecule has 17 heavy (non-hydrogen) atoms.